The lowest BCUT2D eigenvalue weighted by Gasteiger charge is -2.28. The first-order valence-electron chi connectivity index (χ1n) is 12.4. The van der Waals surface area contributed by atoms with E-state index in [1.807, 2.05) is 56.3 Å². The van der Waals surface area contributed by atoms with Crippen LogP contribution in [-0.2, 0) is 9.59 Å². The van der Waals surface area contributed by atoms with E-state index in [1.165, 1.54) is 24.1 Å². The zero-order valence-electron chi connectivity index (χ0n) is 22.0. The number of methoxy groups -OCH3 is 1. The van der Waals surface area contributed by atoms with E-state index in [9.17, 15) is 14.7 Å². The number of ketones is 1. The number of halogens is 2. The first-order chi connectivity index (χ1) is 18.1. The molecule has 198 valence electrons. The minimum atomic E-state index is -0.860. The molecule has 0 saturated carbocycles. The molecule has 1 heterocycles. The highest BCUT2D eigenvalue weighted by atomic mass is 35.5. The van der Waals surface area contributed by atoms with Crippen molar-refractivity contribution in [1.82, 2.24) is 0 Å². The van der Waals surface area contributed by atoms with Crippen LogP contribution >= 0.6 is 23.2 Å². The van der Waals surface area contributed by atoms with Gasteiger partial charge in [0.05, 0.1) is 28.8 Å². The number of amides is 1. The van der Waals surface area contributed by atoms with Gasteiger partial charge in [-0.3, -0.25) is 14.5 Å². The molecular formula is C30H30Cl2N2O4. The summed E-state index contributed by atoms with van der Waals surface area (Å²) in [6.07, 6.45) is 0. The highest BCUT2D eigenvalue weighted by molar-refractivity contribution is 6.52. The van der Waals surface area contributed by atoms with Gasteiger partial charge < -0.3 is 14.7 Å². The molecule has 1 aliphatic rings. The molecule has 0 aromatic heterocycles. The van der Waals surface area contributed by atoms with Crippen molar-refractivity contribution in [3.8, 4) is 5.75 Å². The second-order valence-electron chi connectivity index (χ2n) is 9.13. The summed E-state index contributed by atoms with van der Waals surface area (Å²) in [5.74, 6) is -1.61. The molecule has 1 atom stereocenters. The maximum atomic E-state index is 13.6. The average molecular weight is 553 g/mol. The third-order valence-corrected chi connectivity index (χ3v) is 7.65. The number of rotatable bonds is 7. The van der Waals surface area contributed by atoms with Gasteiger partial charge >= 0.3 is 0 Å². The Labute approximate surface area is 233 Å². The van der Waals surface area contributed by atoms with Crippen molar-refractivity contribution in [3.05, 3.63) is 92.5 Å². The second kappa shape index (κ2) is 11.1. The quantitative estimate of drug-likeness (QED) is 0.192. The van der Waals surface area contributed by atoms with Crippen molar-refractivity contribution < 1.29 is 19.4 Å². The van der Waals surface area contributed by atoms with Gasteiger partial charge in [-0.1, -0.05) is 47.5 Å². The van der Waals surface area contributed by atoms with Gasteiger partial charge in [0.1, 0.15) is 5.76 Å². The minimum Gasteiger partial charge on any atom is -0.507 e. The van der Waals surface area contributed by atoms with Crippen LogP contribution in [0.25, 0.3) is 5.76 Å². The molecule has 0 radical (unpaired) electrons. The van der Waals surface area contributed by atoms with E-state index < -0.39 is 17.7 Å². The van der Waals surface area contributed by atoms with Gasteiger partial charge in [0.2, 0.25) is 0 Å². The molecular weight excluding hydrogens is 523 g/mol. The van der Waals surface area contributed by atoms with E-state index >= 15 is 0 Å². The van der Waals surface area contributed by atoms with Gasteiger partial charge in [0, 0.05) is 30.0 Å². The third kappa shape index (κ3) is 4.74. The van der Waals surface area contributed by atoms with Crippen LogP contribution in [0.4, 0.5) is 11.4 Å². The molecule has 3 aromatic rings. The predicted molar refractivity (Wildman–Crippen MR) is 154 cm³/mol. The molecule has 1 aliphatic heterocycles. The smallest absolute Gasteiger partial charge is 0.300 e. The number of aliphatic hydroxyl groups is 1. The Morgan fingerprint density at radius 1 is 1.00 bits per heavy atom. The van der Waals surface area contributed by atoms with Gasteiger partial charge in [-0.25, -0.2) is 0 Å². The van der Waals surface area contributed by atoms with E-state index in [4.69, 9.17) is 27.9 Å². The molecule has 8 heteroatoms. The van der Waals surface area contributed by atoms with Crippen molar-refractivity contribution in [2.75, 3.05) is 30.0 Å². The van der Waals surface area contributed by atoms with E-state index in [-0.39, 0.29) is 32.7 Å². The summed E-state index contributed by atoms with van der Waals surface area (Å²) in [5.41, 5.74) is 4.34. The van der Waals surface area contributed by atoms with Crippen LogP contribution in [0.1, 0.15) is 42.1 Å². The molecule has 0 bridgehead atoms. The molecule has 6 nitrogen and oxygen atoms in total. The van der Waals surface area contributed by atoms with E-state index in [0.29, 0.717) is 11.3 Å². The number of anilines is 2. The maximum absolute atomic E-state index is 13.6. The third-order valence-electron chi connectivity index (χ3n) is 7.09. The van der Waals surface area contributed by atoms with Gasteiger partial charge in [-0.15, -0.1) is 0 Å². The lowest BCUT2D eigenvalue weighted by Crippen LogP contribution is -2.30. The van der Waals surface area contributed by atoms with Gasteiger partial charge in [-0.2, -0.15) is 0 Å². The monoisotopic (exact) mass is 552 g/mol. The molecule has 1 fully saturated rings. The Kier molecular flexibility index (Phi) is 8.05. The number of nitrogens with zero attached hydrogens (tertiary/aromatic N) is 2. The Morgan fingerprint density at radius 2 is 1.61 bits per heavy atom. The Bertz CT molecular complexity index is 1410. The summed E-state index contributed by atoms with van der Waals surface area (Å²) in [6.45, 7) is 9.71. The van der Waals surface area contributed by atoms with Gasteiger partial charge in [0.15, 0.2) is 5.75 Å². The summed E-state index contributed by atoms with van der Waals surface area (Å²) in [6, 6.07) is 15.4. The van der Waals surface area contributed by atoms with E-state index in [0.717, 1.165) is 29.9 Å². The number of ether oxygens (including phenoxy) is 1. The summed E-state index contributed by atoms with van der Waals surface area (Å²) < 4.78 is 5.22. The fraction of sp³-hybridized carbons (Fsp3) is 0.267. The van der Waals surface area contributed by atoms with E-state index in [2.05, 4.69) is 18.7 Å². The topological polar surface area (TPSA) is 70.1 Å². The first-order valence-corrected chi connectivity index (χ1v) is 13.2. The zero-order chi connectivity index (χ0) is 27.7. The first kappa shape index (κ1) is 27.6. The van der Waals surface area contributed by atoms with Crippen LogP contribution in [0.5, 0.6) is 5.75 Å². The number of carbonyl (C=O) groups excluding carboxylic acids is 2. The van der Waals surface area contributed by atoms with Crippen molar-refractivity contribution in [2.45, 2.75) is 33.7 Å². The van der Waals surface area contributed by atoms with Crippen LogP contribution in [-0.4, -0.2) is 37.0 Å². The molecule has 38 heavy (non-hydrogen) atoms. The lowest BCUT2D eigenvalue weighted by molar-refractivity contribution is -0.132. The molecule has 1 saturated heterocycles. The summed E-state index contributed by atoms with van der Waals surface area (Å²) in [7, 11) is 1.43. The predicted octanol–water partition coefficient (Wildman–Crippen LogP) is 7.09. The standard InChI is InChI=1S/C30H30Cl2N2O4/c1-6-33(7-2)21-13-11-19(12-14-21)26-25(27(35)20-15-22(31)29(38-5)23(32)16-20)28(36)30(37)34(26)24-10-8-9-17(3)18(24)4/h8-16,26,35H,6-7H2,1-5H3/b27-25+. The van der Waals surface area contributed by atoms with Crippen molar-refractivity contribution in [1.29, 1.82) is 0 Å². The van der Waals surface area contributed by atoms with Crippen LogP contribution < -0.4 is 14.5 Å². The van der Waals surface area contributed by atoms with E-state index in [1.54, 1.807) is 0 Å². The maximum Gasteiger partial charge on any atom is 0.300 e. The number of hydrogen-bond donors (Lipinski definition) is 1. The van der Waals surface area contributed by atoms with Crippen molar-refractivity contribution >= 4 is 52.0 Å². The van der Waals surface area contributed by atoms with Gasteiger partial charge in [0.25, 0.3) is 11.7 Å². The molecule has 1 amide bonds. The van der Waals surface area contributed by atoms with Crippen LogP contribution in [0.15, 0.2) is 60.2 Å². The highest BCUT2D eigenvalue weighted by Crippen LogP contribution is 2.45. The molecule has 1 unspecified atom stereocenters. The number of benzene rings is 3. The van der Waals surface area contributed by atoms with Crippen LogP contribution in [0.2, 0.25) is 10.0 Å². The summed E-state index contributed by atoms with van der Waals surface area (Å²) >= 11 is 12.7. The molecule has 0 aliphatic carbocycles. The molecule has 3 aromatic carbocycles. The van der Waals surface area contributed by atoms with Crippen LogP contribution in [0, 0.1) is 13.8 Å². The molecule has 4 rings (SSSR count). The number of aryl methyl sites for hydroxylation is 1. The Hall–Kier alpha value is -3.48. The number of hydrogen-bond acceptors (Lipinski definition) is 5. The SMILES string of the molecule is CCN(CC)c1ccc(C2/C(=C(\O)c3cc(Cl)c(OC)c(Cl)c3)C(=O)C(=O)N2c2cccc(C)c2C)cc1. The Balaban J connectivity index is 1.96. The second-order valence-corrected chi connectivity index (χ2v) is 9.94. The largest absolute Gasteiger partial charge is 0.507 e. The van der Waals surface area contributed by atoms with Crippen molar-refractivity contribution in [3.63, 3.8) is 0 Å². The number of Topliss-reactive ketones (excluding diaryl/α,β-unsaturated/α-hetero) is 1. The molecule has 0 spiro atoms. The fourth-order valence-corrected chi connectivity index (χ4v) is 5.54. The Morgan fingerprint density at radius 3 is 2.16 bits per heavy atom. The minimum absolute atomic E-state index is 0.0382. The summed E-state index contributed by atoms with van der Waals surface area (Å²) in [4.78, 5) is 30.8. The van der Waals surface area contributed by atoms with Crippen molar-refractivity contribution in [2.24, 2.45) is 0 Å². The summed E-state index contributed by atoms with van der Waals surface area (Å²) in [5, 5.41) is 11.8. The zero-order valence-corrected chi connectivity index (χ0v) is 23.5. The molecule has 1 N–H and O–H groups in total. The number of carbonyl (C=O) groups is 2. The normalized spacial score (nSPS) is 16.7. The highest BCUT2D eigenvalue weighted by Gasteiger charge is 2.47. The van der Waals surface area contributed by atoms with Gasteiger partial charge in [-0.05, 0) is 74.7 Å². The van der Waals surface area contributed by atoms with Crippen LogP contribution in [0.3, 0.4) is 0 Å². The lowest BCUT2D eigenvalue weighted by atomic mass is 9.94. The fourth-order valence-electron chi connectivity index (χ4n) is 4.90. The number of aliphatic hydroxyl groups excluding tert-OH is 1. The average Bonchev–Trinajstić information content (AvgIpc) is 3.16.